The lowest BCUT2D eigenvalue weighted by molar-refractivity contribution is -0.142. The first-order chi connectivity index (χ1) is 43.6. The van der Waals surface area contributed by atoms with Crippen molar-refractivity contribution in [2.45, 2.75) is 145 Å². The zero-order valence-corrected chi connectivity index (χ0v) is 51.6. The van der Waals surface area contributed by atoms with E-state index in [4.69, 9.17) is 86.0 Å². The molecular formula is C53H96N30O9. The lowest BCUT2D eigenvalue weighted by Gasteiger charge is -2.28. The van der Waals surface area contributed by atoms with Crippen molar-refractivity contribution in [3.05, 3.63) is 36.0 Å². The van der Waals surface area contributed by atoms with Gasteiger partial charge in [0.25, 0.3) is 0 Å². The van der Waals surface area contributed by atoms with Gasteiger partial charge in [-0.1, -0.05) is 18.2 Å². The van der Waals surface area contributed by atoms with Gasteiger partial charge in [-0.05, 0) is 102 Å². The molecule has 39 heteroatoms. The van der Waals surface area contributed by atoms with Crippen molar-refractivity contribution in [2.75, 3.05) is 45.8 Å². The molecule has 0 fully saturated rings. The largest absolute Gasteiger partial charge is 0.480 e. The van der Waals surface area contributed by atoms with Gasteiger partial charge >= 0.3 is 5.97 Å². The first kappa shape index (κ1) is 77.5. The number of aromatic nitrogens is 1. The van der Waals surface area contributed by atoms with Crippen molar-refractivity contribution in [1.82, 2.24) is 42.2 Å². The molecule has 39 N–H and O–H groups in total. The molecule has 0 aliphatic carbocycles. The van der Waals surface area contributed by atoms with Crippen LogP contribution in [0, 0.1) is 0 Å². The maximum atomic E-state index is 14.7. The molecule has 1 aromatic carbocycles. The number of aromatic amines is 1. The number of para-hydroxylation sites is 1. The normalized spacial score (nSPS) is 13.4. The van der Waals surface area contributed by atoms with E-state index in [0.29, 0.717) is 12.0 Å². The van der Waals surface area contributed by atoms with Gasteiger partial charge in [0.1, 0.15) is 42.3 Å². The Kier molecular flexibility index (Phi) is 35.6. The van der Waals surface area contributed by atoms with Gasteiger partial charge in [-0.25, -0.2) is 4.79 Å². The Morgan fingerprint density at radius 1 is 0.359 bits per heavy atom. The summed E-state index contributed by atoms with van der Waals surface area (Å²) in [7, 11) is 0. The van der Waals surface area contributed by atoms with E-state index in [2.05, 4.69) is 77.1 Å². The summed E-state index contributed by atoms with van der Waals surface area (Å²) < 4.78 is 0. The number of nitrogens with zero attached hydrogens (tertiary/aromatic N) is 7. The second-order valence-electron chi connectivity index (χ2n) is 21.1. The summed E-state index contributed by atoms with van der Waals surface area (Å²) in [5, 5.41) is 29.5. The summed E-state index contributed by atoms with van der Waals surface area (Å²) >= 11 is 0. The number of fused-ring (bicyclic) bond motifs is 1. The quantitative estimate of drug-likeness (QED) is 0.0166. The molecule has 2 rings (SSSR count). The second-order valence-corrected chi connectivity index (χ2v) is 21.1. The molecular weight excluding hydrogens is 1200 g/mol. The first-order valence-electron chi connectivity index (χ1n) is 29.6. The van der Waals surface area contributed by atoms with Gasteiger partial charge in [0, 0.05) is 69.3 Å². The average Bonchev–Trinajstić information content (AvgIpc) is 1.68. The number of hydrogen-bond donors (Lipinski definition) is 24. The lowest BCUT2D eigenvalue weighted by Crippen LogP contribution is -2.60. The number of H-pyrrole nitrogens is 1. The van der Waals surface area contributed by atoms with Crippen molar-refractivity contribution in [2.24, 2.45) is 121 Å². The summed E-state index contributed by atoms with van der Waals surface area (Å²) in [6, 6.07) is -4.14. The van der Waals surface area contributed by atoms with Crippen molar-refractivity contribution >= 4 is 99.9 Å². The molecule has 0 spiro atoms. The number of carboxylic acids is 1. The minimum Gasteiger partial charge on any atom is -0.480 e. The SMILES string of the molecule is NC(N)=NCCC[C@H](NC(=O)[C@H](CCCN=C(N)N)NC(=O)[C@H](CCCN=C(N)N)NC(=O)[C@H](CCCN=C(N)N)NC(=O)[C@H](CCCN=C(N)N)NC(=O)[C@H](CCCN=C(N)N)NC(=O)[C@@H](N)CCCN=C(N)N)C(=O)N[C@@H](Cc1c[nH]c2ccccc12)C(=O)O. The smallest absolute Gasteiger partial charge is 0.326 e. The number of rotatable bonds is 45. The maximum absolute atomic E-state index is 14.7. The Hall–Kier alpha value is -10.6. The van der Waals surface area contributed by atoms with Gasteiger partial charge in [0.05, 0.1) is 6.04 Å². The molecule has 7 amide bonds. The highest BCUT2D eigenvalue weighted by atomic mass is 16.4. The van der Waals surface area contributed by atoms with Crippen LogP contribution in [-0.2, 0) is 44.8 Å². The number of carboxylic acid groups (broad SMARTS) is 1. The molecule has 1 aromatic heterocycles. The van der Waals surface area contributed by atoms with E-state index in [1.807, 2.05) is 0 Å². The predicted octanol–water partition coefficient (Wildman–Crippen LogP) is -9.11. The number of carbonyl (C=O) groups excluding carboxylic acids is 7. The van der Waals surface area contributed by atoms with Crippen LogP contribution in [0.2, 0.25) is 0 Å². The van der Waals surface area contributed by atoms with Crippen molar-refractivity contribution in [3.8, 4) is 0 Å². The van der Waals surface area contributed by atoms with E-state index in [9.17, 15) is 43.5 Å². The van der Waals surface area contributed by atoms with E-state index >= 15 is 0 Å². The van der Waals surface area contributed by atoms with Crippen LogP contribution in [0.3, 0.4) is 0 Å². The number of amides is 7. The highest BCUT2D eigenvalue weighted by Crippen LogP contribution is 2.20. The fourth-order valence-corrected chi connectivity index (χ4v) is 8.92. The Bertz CT molecular complexity index is 2920. The van der Waals surface area contributed by atoms with Crippen LogP contribution < -0.4 is 123 Å². The van der Waals surface area contributed by atoms with Crippen LogP contribution in [0.15, 0.2) is 65.4 Å². The molecule has 0 saturated carbocycles. The van der Waals surface area contributed by atoms with Crippen LogP contribution >= 0.6 is 0 Å². The average molecular weight is 1300 g/mol. The third-order valence-corrected chi connectivity index (χ3v) is 13.5. The standard InChI is InChI=1S/C53H96N30O9/c54-30(11-3-19-69-47(55)56)39(84)77-32(13-4-20-70-48(57)58)40(85)78-33(14-5-21-71-49(59)60)41(86)79-34(15-6-22-72-50(61)62)42(87)80-35(16-7-23-73-51(63)64)43(88)81-36(17-8-24-74-52(65)66)44(89)82-37(18-9-25-75-53(67)68)45(90)83-38(46(91)92)26-28-27-76-31-12-2-1-10-29(28)31/h1-2,10,12,27,30,32-38,76H,3-9,11,13-26,54H2,(H,77,84)(H,78,85)(H,79,86)(H,80,87)(H,81,88)(H,82,89)(H,83,90)(H,91,92)(H4,55,56,69)(H4,57,58,70)(H4,59,60,71)(H4,61,62,72)(H4,63,64,73)(H4,65,66,74)(H4,67,68,75)/t30-,32-,33-,34-,35-,36-,37-,38-/m0/s1. The maximum Gasteiger partial charge on any atom is 0.326 e. The molecule has 0 bridgehead atoms. The number of aliphatic imine (C=N–C) groups is 7. The van der Waals surface area contributed by atoms with Crippen LogP contribution in [0.4, 0.5) is 0 Å². The molecule has 39 nitrogen and oxygen atoms in total. The van der Waals surface area contributed by atoms with Gasteiger partial charge < -0.3 is 133 Å². The van der Waals surface area contributed by atoms with Gasteiger partial charge in [-0.2, -0.15) is 0 Å². The van der Waals surface area contributed by atoms with Crippen LogP contribution in [-0.4, -0.2) is 193 Å². The molecule has 1 heterocycles. The summed E-state index contributed by atoms with van der Waals surface area (Å²) in [4.78, 5) is 144. The minimum absolute atomic E-state index is 0.00723. The highest BCUT2D eigenvalue weighted by Gasteiger charge is 2.35. The number of aliphatic carboxylic acids is 1. The zero-order chi connectivity index (χ0) is 68.7. The van der Waals surface area contributed by atoms with E-state index in [-0.39, 0.29) is 177 Å². The molecule has 92 heavy (non-hydrogen) atoms. The number of carbonyl (C=O) groups is 8. The van der Waals surface area contributed by atoms with Crippen molar-refractivity contribution < 1.29 is 43.5 Å². The molecule has 0 unspecified atom stereocenters. The predicted molar refractivity (Wildman–Crippen MR) is 351 cm³/mol. The minimum atomic E-state index is -1.52. The second kappa shape index (κ2) is 42.3. The van der Waals surface area contributed by atoms with Gasteiger partial charge in [0.2, 0.25) is 41.4 Å². The summed E-state index contributed by atoms with van der Waals surface area (Å²) in [6.07, 6.45) is 1.63. The van der Waals surface area contributed by atoms with E-state index in [1.54, 1.807) is 30.5 Å². The highest BCUT2D eigenvalue weighted by molar-refractivity contribution is 5.98. The summed E-state index contributed by atoms with van der Waals surface area (Å²) in [5.74, 6) is -9.25. The third-order valence-electron chi connectivity index (χ3n) is 13.5. The van der Waals surface area contributed by atoms with Crippen LogP contribution in [0.5, 0.6) is 0 Å². The van der Waals surface area contributed by atoms with E-state index in [1.165, 1.54) is 0 Å². The van der Waals surface area contributed by atoms with Gasteiger partial charge in [-0.3, -0.25) is 68.5 Å². The number of hydrogen-bond acceptors (Lipinski definition) is 16. The third kappa shape index (κ3) is 32.6. The summed E-state index contributed by atoms with van der Waals surface area (Å²) in [5.41, 5.74) is 85.0. The Morgan fingerprint density at radius 3 is 0.859 bits per heavy atom. The molecule has 0 saturated heterocycles. The number of benzene rings is 1. The van der Waals surface area contributed by atoms with Gasteiger partial charge in [0.15, 0.2) is 41.7 Å². The van der Waals surface area contributed by atoms with Crippen molar-refractivity contribution in [1.29, 1.82) is 0 Å². The molecule has 8 atom stereocenters. The zero-order valence-electron chi connectivity index (χ0n) is 51.6. The fraction of sp³-hybridized carbons (Fsp3) is 0.566. The van der Waals surface area contributed by atoms with E-state index < -0.39 is 95.7 Å². The summed E-state index contributed by atoms with van der Waals surface area (Å²) in [6.45, 7) is 0.124. The molecule has 512 valence electrons. The lowest BCUT2D eigenvalue weighted by atomic mass is 10.0. The Balaban J connectivity index is 2.65. The monoisotopic (exact) mass is 1300 g/mol. The molecule has 0 radical (unpaired) electrons. The van der Waals surface area contributed by atoms with Crippen molar-refractivity contribution in [3.63, 3.8) is 0 Å². The Labute approximate surface area is 531 Å². The first-order valence-corrected chi connectivity index (χ1v) is 29.6. The number of nitrogens with two attached hydrogens (primary N) is 15. The van der Waals surface area contributed by atoms with Crippen LogP contribution in [0.25, 0.3) is 10.9 Å². The Morgan fingerprint density at radius 2 is 0.598 bits per heavy atom. The van der Waals surface area contributed by atoms with Crippen LogP contribution in [0.1, 0.15) is 95.5 Å². The number of nitrogens with one attached hydrogen (secondary N) is 8. The molecule has 0 aliphatic heterocycles. The molecule has 0 aliphatic rings. The number of guanidine groups is 7. The van der Waals surface area contributed by atoms with E-state index in [0.717, 1.165) is 10.9 Å². The topological polar surface area (TPSA) is 734 Å². The molecule has 2 aromatic rings. The van der Waals surface area contributed by atoms with Gasteiger partial charge in [-0.15, -0.1) is 0 Å². The fourth-order valence-electron chi connectivity index (χ4n) is 8.92.